The fourth-order valence-corrected chi connectivity index (χ4v) is 2.46. The minimum absolute atomic E-state index is 0.264. The molecule has 0 amide bonds. The molecule has 3 N–H and O–H groups in total. The van der Waals surface area contributed by atoms with Crippen molar-refractivity contribution in [3.05, 3.63) is 28.8 Å². The monoisotopic (exact) mass is 312 g/mol. The van der Waals surface area contributed by atoms with Crippen LogP contribution < -0.4 is 11.1 Å². The van der Waals surface area contributed by atoms with E-state index in [0.29, 0.717) is 10.0 Å². The first kappa shape index (κ1) is 17.3. The Balaban J connectivity index is 2.58. The third kappa shape index (κ3) is 5.68. The average Bonchev–Trinajstić information content (AvgIpc) is 2.37. The molecule has 4 heteroatoms. The van der Waals surface area contributed by atoms with Crippen LogP contribution >= 0.6 is 23.8 Å². The fourth-order valence-electron chi connectivity index (χ4n) is 2.09. The molecular weight excluding hydrogens is 288 g/mol. The SMILES string of the molecule is CCCCCC(C)(C)CNc1ccc(C(N)=S)cc1Cl. The van der Waals surface area contributed by atoms with Gasteiger partial charge in [-0.15, -0.1) is 0 Å². The highest BCUT2D eigenvalue weighted by Gasteiger charge is 2.17. The molecule has 0 heterocycles. The summed E-state index contributed by atoms with van der Waals surface area (Å²) in [4.78, 5) is 0.373. The van der Waals surface area contributed by atoms with E-state index >= 15 is 0 Å². The Labute approximate surface area is 133 Å². The summed E-state index contributed by atoms with van der Waals surface area (Å²) >= 11 is 11.2. The molecule has 0 aliphatic heterocycles. The van der Waals surface area contributed by atoms with Crippen molar-refractivity contribution < 1.29 is 0 Å². The van der Waals surface area contributed by atoms with Crippen molar-refractivity contribution in [1.82, 2.24) is 0 Å². The minimum Gasteiger partial charge on any atom is -0.389 e. The van der Waals surface area contributed by atoms with Crippen LogP contribution in [0.15, 0.2) is 18.2 Å². The molecule has 0 spiro atoms. The highest BCUT2D eigenvalue weighted by Crippen LogP contribution is 2.27. The molecule has 0 fully saturated rings. The van der Waals surface area contributed by atoms with Gasteiger partial charge in [0.05, 0.1) is 10.7 Å². The molecule has 20 heavy (non-hydrogen) atoms. The molecule has 0 atom stereocenters. The van der Waals surface area contributed by atoms with Gasteiger partial charge in [0.15, 0.2) is 0 Å². The largest absolute Gasteiger partial charge is 0.389 e. The van der Waals surface area contributed by atoms with Gasteiger partial charge in [-0.3, -0.25) is 0 Å². The van der Waals surface area contributed by atoms with Crippen molar-refractivity contribution in [3.63, 3.8) is 0 Å². The molecule has 1 rings (SSSR count). The van der Waals surface area contributed by atoms with Gasteiger partial charge in [0.2, 0.25) is 0 Å². The van der Waals surface area contributed by atoms with Gasteiger partial charge in [-0.1, -0.05) is 63.9 Å². The van der Waals surface area contributed by atoms with Gasteiger partial charge >= 0.3 is 0 Å². The molecule has 112 valence electrons. The molecule has 1 aromatic rings. The van der Waals surface area contributed by atoms with E-state index in [2.05, 4.69) is 26.1 Å². The molecule has 0 aliphatic carbocycles. The molecule has 0 aliphatic rings. The quantitative estimate of drug-likeness (QED) is 0.524. The van der Waals surface area contributed by atoms with Crippen molar-refractivity contribution in [2.75, 3.05) is 11.9 Å². The number of rotatable bonds is 8. The lowest BCUT2D eigenvalue weighted by molar-refractivity contribution is 0.342. The maximum Gasteiger partial charge on any atom is 0.104 e. The summed E-state index contributed by atoms with van der Waals surface area (Å²) in [5, 5.41) is 4.10. The number of benzene rings is 1. The van der Waals surface area contributed by atoms with Gasteiger partial charge in [0, 0.05) is 12.1 Å². The van der Waals surface area contributed by atoms with Crippen LogP contribution in [0.1, 0.15) is 52.0 Å². The zero-order valence-electron chi connectivity index (χ0n) is 12.6. The van der Waals surface area contributed by atoms with Crippen molar-refractivity contribution in [2.24, 2.45) is 11.1 Å². The van der Waals surface area contributed by atoms with Crippen LogP contribution in [-0.2, 0) is 0 Å². The topological polar surface area (TPSA) is 38.0 Å². The molecule has 2 nitrogen and oxygen atoms in total. The van der Waals surface area contributed by atoms with Gasteiger partial charge in [-0.05, 0) is 30.0 Å². The van der Waals surface area contributed by atoms with Crippen molar-refractivity contribution in [3.8, 4) is 0 Å². The standard InChI is InChI=1S/C16H25ClN2S/c1-4-5-6-9-16(2,3)11-19-14-8-7-12(15(18)20)10-13(14)17/h7-8,10,19H,4-6,9,11H2,1-3H3,(H2,18,20). The van der Waals surface area contributed by atoms with Crippen molar-refractivity contribution in [2.45, 2.75) is 46.5 Å². The van der Waals surface area contributed by atoms with Gasteiger partial charge in [0.25, 0.3) is 0 Å². The summed E-state index contributed by atoms with van der Waals surface area (Å²) in [5.41, 5.74) is 7.60. The lowest BCUT2D eigenvalue weighted by Gasteiger charge is -2.26. The second-order valence-electron chi connectivity index (χ2n) is 6.03. The number of thiocarbonyl (C=S) groups is 1. The Morgan fingerprint density at radius 3 is 2.60 bits per heavy atom. The van der Waals surface area contributed by atoms with Crippen LogP contribution in [0.4, 0.5) is 5.69 Å². The van der Waals surface area contributed by atoms with E-state index in [-0.39, 0.29) is 5.41 Å². The zero-order valence-corrected chi connectivity index (χ0v) is 14.2. The molecule has 1 aromatic carbocycles. The van der Waals surface area contributed by atoms with Crippen LogP contribution in [0.25, 0.3) is 0 Å². The molecule has 0 bridgehead atoms. The summed E-state index contributed by atoms with van der Waals surface area (Å²) in [6, 6.07) is 5.66. The second-order valence-corrected chi connectivity index (χ2v) is 6.88. The number of hydrogen-bond acceptors (Lipinski definition) is 2. The van der Waals surface area contributed by atoms with Crippen LogP contribution in [0.5, 0.6) is 0 Å². The van der Waals surface area contributed by atoms with Gasteiger partial charge < -0.3 is 11.1 Å². The zero-order chi connectivity index (χ0) is 15.2. The highest BCUT2D eigenvalue weighted by molar-refractivity contribution is 7.80. The first-order valence-corrected chi connectivity index (χ1v) is 7.97. The lowest BCUT2D eigenvalue weighted by atomic mass is 9.87. The maximum atomic E-state index is 6.25. The summed E-state index contributed by atoms with van der Waals surface area (Å²) in [6.45, 7) is 7.71. The number of nitrogens with two attached hydrogens (primary N) is 1. The molecule has 0 radical (unpaired) electrons. The van der Waals surface area contributed by atoms with Crippen LogP contribution in [0.2, 0.25) is 5.02 Å². The van der Waals surface area contributed by atoms with Crippen LogP contribution in [-0.4, -0.2) is 11.5 Å². The summed E-state index contributed by atoms with van der Waals surface area (Å²) < 4.78 is 0. The van der Waals surface area contributed by atoms with Crippen molar-refractivity contribution in [1.29, 1.82) is 0 Å². The Morgan fingerprint density at radius 2 is 2.05 bits per heavy atom. The Morgan fingerprint density at radius 1 is 1.35 bits per heavy atom. The smallest absolute Gasteiger partial charge is 0.104 e. The van der Waals surface area contributed by atoms with E-state index in [4.69, 9.17) is 29.6 Å². The first-order valence-electron chi connectivity index (χ1n) is 7.19. The van der Waals surface area contributed by atoms with E-state index < -0.39 is 0 Å². The highest BCUT2D eigenvalue weighted by atomic mass is 35.5. The normalized spacial score (nSPS) is 11.4. The summed E-state index contributed by atoms with van der Waals surface area (Å²) in [7, 11) is 0. The van der Waals surface area contributed by atoms with Crippen LogP contribution in [0.3, 0.4) is 0 Å². The van der Waals surface area contributed by atoms with Gasteiger partial charge in [0.1, 0.15) is 4.99 Å². The molecule has 0 saturated heterocycles. The van der Waals surface area contributed by atoms with E-state index in [0.717, 1.165) is 17.8 Å². The summed E-state index contributed by atoms with van der Waals surface area (Å²) in [6.07, 6.45) is 5.05. The predicted octanol–water partition coefficient (Wildman–Crippen LogP) is 4.99. The fraction of sp³-hybridized carbons (Fsp3) is 0.562. The van der Waals surface area contributed by atoms with E-state index in [9.17, 15) is 0 Å². The Hall–Kier alpha value is -0.800. The number of halogens is 1. The van der Waals surface area contributed by atoms with E-state index in [1.807, 2.05) is 18.2 Å². The minimum atomic E-state index is 0.264. The van der Waals surface area contributed by atoms with Gasteiger partial charge in [-0.25, -0.2) is 0 Å². The molecule has 0 saturated carbocycles. The third-order valence-corrected chi connectivity index (χ3v) is 4.02. The van der Waals surface area contributed by atoms with E-state index in [1.165, 1.54) is 25.7 Å². The molecule has 0 aromatic heterocycles. The first-order chi connectivity index (χ1) is 9.35. The number of nitrogens with one attached hydrogen (secondary N) is 1. The maximum absolute atomic E-state index is 6.25. The molecule has 0 unspecified atom stereocenters. The third-order valence-electron chi connectivity index (χ3n) is 3.47. The average molecular weight is 313 g/mol. The van der Waals surface area contributed by atoms with Crippen LogP contribution in [0, 0.1) is 5.41 Å². The van der Waals surface area contributed by atoms with E-state index in [1.54, 1.807) is 0 Å². The Kier molecular flexibility index (Phi) is 6.77. The molecular formula is C16H25ClN2S. The summed E-state index contributed by atoms with van der Waals surface area (Å²) in [5.74, 6) is 0. The van der Waals surface area contributed by atoms with Gasteiger partial charge in [-0.2, -0.15) is 0 Å². The Bertz CT molecular complexity index is 458. The second kappa shape index (κ2) is 7.84. The number of unbranched alkanes of at least 4 members (excludes halogenated alkanes) is 2. The number of hydrogen-bond donors (Lipinski definition) is 2. The van der Waals surface area contributed by atoms with Crippen molar-refractivity contribution >= 4 is 34.5 Å². The number of anilines is 1. The predicted molar refractivity (Wildman–Crippen MR) is 93.8 cm³/mol. The lowest BCUT2D eigenvalue weighted by Crippen LogP contribution is -2.23.